The van der Waals surface area contributed by atoms with Crippen molar-refractivity contribution in [2.45, 2.75) is 26.2 Å². The Balaban J connectivity index is 2.31. The molecule has 0 fully saturated rings. The van der Waals surface area contributed by atoms with Gasteiger partial charge in [-0.15, -0.1) is 0 Å². The highest BCUT2D eigenvalue weighted by Crippen LogP contribution is 2.36. The van der Waals surface area contributed by atoms with Crippen LogP contribution in [-0.2, 0) is 12.8 Å². The minimum Gasteiger partial charge on any atom is -0.486 e. The number of ether oxygens (including phenoxy) is 2. The third-order valence-corrected chi connectivity index (χ3v) is 2.87. The number of aryl methyl sites for hydroxylation is 1. The number of fused-ring (bicyclic) bond motifs is 1. The van der Waals surface area contributed by atoms with Crippen LogP contribution in [0.25, 0.3) is 0 Å². The largest absolute Gasteiger partial charge is 0.486 e. The molecule has 0 aliphatic carbocycles. The molecule has 1 aromatic carbocycles. The summed E-state index contributed by atoms with van der Waals surface area (Å²) in [6.45, 7) is 3.61. The van der Waals surface area contributed by atoms with Crippen molar-refractivity contribution in [2.24, 2.45) is 0 Å². The van der Waals surface area contributed by atoms with Crippen LogP contribution in [0.15, 0.2) is 12.1 Å². The fraction of sp³-hybridized carbons (Fsp3) is 0.538. The van der Waals surface area contributed by atoms with Gasteiger partial charge in [-0.2, -0.15) is 0 Å². The van der Waals surface area contributed by atoms with Crippen LogP contribution in [0.5, 0.6) is 11.5 Å². The second kappa shape index (κ2) is 5.21. The van der Waals surface area contributed by atoms with Gasteiger partial charge in [0.1, 0.15) is 13.2 Å². The number of rotatable bonds is 4. The maximum atomic E-state index is 8.87. The average Bonchev–Trinajstić information content (AvgIpc) is 2.35. The summed E-state index contributed by atoms with van der Waals surface area (Å²) in [4.78, 5) is 0. The van der Waals surface area contributed by atoms with Crippen LogP contribution in [0, 0.1) is 0 Å². The van der Waals surface area contributed by atoms with E-state index in [1.54, 1.807) is 0 Å². The van der Waals surface area contributed by atoms with Crippen molar-refractivity contribution in [3.05, 3.63) is 23.3 Å². The molecule has 88 valence electrons. The Hall–Kier alpha value is -1.22. The normalized spacial score (nSPS) is 13.9. The highest BCUT2D eigenvalue weighted by Gasteiger charge is 2.17. The van der Waals surface area contributed by atoms with E-state index in [4.69, 9.17) is 14.6 Å². The third-order valence-electron chi connectivity index (χ3n) is 2.87. The Morgan fingerprint density at radius 3 is 2.81 bits per heavy atom. The monoisotopic (exact) mass is 222 g/mol. The van der Waals surface area contributed by atoms with Crippen molar-refractivity contribution in [3.8, 4) is 11.5 Å². The van der Waals surface area contributed by atoms with Gasteiger partial charge in [-0.3, -0.25) is 0 Å². The lowest BCUT2D eigenvalue weighted by molar-refractivity contribution is 0.169. The van der Waals surface area contributed by atoms with Crippen molar-refractivity contribution in [2.75, 3.05) is 19.8 Å². The maximum absolute atomic E-state index is 8.87. The first-order valence-corrected chi connectivity index (χ1v) is 5.88. The standard InChI is InChI=1S/C13H18O3/c1-2-11-10(4-3-7-14)5-6-12-13(11)16-9-8-15-12/h5-6,14H,2-4,7-9H2,1H3. The number of hydrogen-bond donors (Lipinski definition) is 1. The number of hydrogen-bond acceptors (Lipinski definition) is 3. The van der Waals surface area contributed by atoms with E-state index in [0.717, 1.165) is 30.8 Å². The summed E-state index contributed by atoms with van der Waals surface area (Å²) in [5, 5.41) is 8.87. The Labute approximate surface area is 96.0 Å². The highest BCUT2D eigenvalue weighted by molar-refractivity contribution is 5.51. The molecule has 0 saturated carbocycles. The molecule has 1 aliphatic rings. The molecule has 0 spiro atoms. The first kappa shape index (κ1) is 11.3. The fourth-order valence-corrected chi connectivity index (χ4v) is 2.11. The number of aliphatic hydroxyl groups excluding tert-OH is 1. The van der Waals surface area contributed by atoms with Crippen LogP contribution in [0.4, 0.5) is 0 Å². The van der Waals surface area contributed by atoms with Gasteiger partial charge in [-0.25, -0.2) is 0 Å². The molecule has 16 heavy (non-hydrogen) atoms. The van der Waals surface area contributed by atoms with Gasteiger partial charge in [0.25, 0.3) is 0 Å². The Kier molecular flexibility index (Phi) is 3.67. The van der Waals surface area contributed by atoms with Gasteiger partial charge in [0.2, 0.25) is 0 Å². The van der Waals surface area contributed by atoms with Crippen LogP contribution in [0.2, 0.25) is 0 Å². The molecule has 0 saturated heterocycles. The Morgan fingerprint density at radius 2 is 2.06 bits per heavy atom. The number of benzene rings is 1. The molecular weight excluding hydrogens is 204 g/mol. The van der Waals surface area contributed by atoms with Crippen molar-refractivity contribution in [1.82, 2.24) is 0 Å². The van der Waals surface area contributed by atoms with Crippen LogP contribution in [0.1, 0.15) is 24.5 Å². The summed E-state index contributed by atoms with van der Waals surface area (Å²) in [7, 11) is 0. The summed E-state index contributed by atoms with van der Waals surface area (Å²) < 4.78 is 11.2. The fourth-order valence-electron chi connectivity index (χ4n) is 2.11. The lowest BCUT2D eigenvalue weighted by Gasteiger charge is -2.22. The molecule has 0 bridgehead atoms. The maximum Gasteiger partial charge on any atom is 0.164 e. The molecule has 0 aromatic heterocycles. The van der Waals surface area contributed by atoms with E-state index >= 15 is 0 Å². The van der Waals surface area contributed by atoms with E-state index in [1.807, 2.05) is 6.07 Å². The molecular formula is C13H18O3. The van der Waals surface area contributed by atoms with Crippen molar-refractivity contribution >= 4 is 0 Å². The molecule has 0 unspecified atom stereocenters. The van der Waals surface area contributed by atoms with Crippen LogP contribution in [0.3, 0.4) is 0 Å². The predicted molar refractivity (Wildman–Crippen MR) is 62.2 cm³/mol. The summed E-state index contributed by atoms with van der Waals surface area (Å²) >= 11 is 0. The van der Waals surface area contributed by atoms with Crippen molar-refractivity contribution < 1.29 is 14.6 Å². The first-order chi connectivity index (χ1) is 7.86. The predicted octanol–water partition coefficient (Wildman–Crippen LogP) is 1.95. The van der Waals surface area contributed by atoms with E-state index in [-0.39, 0.29) is 6.61 Å². The highest BCUT2D eigenvalue weighted by atomic mass is 16.6. The first-order valence-electron chi connectivity index (χ1n) is 5.88. The molecule has 1 heterocycles. The zero-order valence-corrected chi connectivity index (χ0v) is 9.66. The van der Waals surface area contributed by atoms with Gasteiger partial charge in [-0.05, 0) is 30.9 Å². The van der Waals surface area contributed by atoms with Crippen LogP contribution in [-0.4, -0.2) is 24.9 Å². The molecule has 0 radical (unpaired) electrons. The van der Waals surface area contributed by atoms with Crippen molar-refractivity contribution in [3.63, 3.8) is 0 Å². The molecule has 1 aromatic rings. The summed E-state index contributed by atoms with van der Waals surface area (Å²) in [5.41, 5.74) is 2.49. The molecule has 0 amide bonds. The second-order valence-electron chi connectivity index (χ2n) is 3.91. The van der Waals surface area contributed by atoms with Crippen LogP contribution >= 0.6 is 0 Å². The summed E-state index contributed by atoms with van der Waals surface area (Å²) in [6, 6.07) is 4.06. The smallest absolute Gasteiger partial charge is 0.164 e. The van der Waals surface area contributed by atoms with E-state index in [0.29, 0.717) is 13.2 Å². The lowest BCUT2D eigenvalue weighted by atomic mass is 9.99. The second-order valence-corrected chi connectivity index (χ2v) is 3.91. The Bertz CT molecular complexity index is 360. The third kappa shape index (κ3) is 2.14. The van der Waals surface area contributed by atoms with E-state index in [9.17, 15) is 0 Å². The van der Waals surface area contributed by atoms with Gasteiger partial charge >= 0.3 is 0 Å². The number of aliphatic hydroxyl groups is 1. The summed E-state index contributed by atoms with van der Waals surface area (Å²) in [5.74, 6) is 1.76. The van der Waals surface area contributed by atoms with Crippen molar-refractivity contribution in [1.29, 1.82) is 0 Å². The van der Waals surface area contributed by atoms with E-state index < -0.39 is 0 Å². The molecule has 3 heteroatoms. The van der Waals surface area contributed by atoms with Gasteiger partial charge in [-0.1, -0.05) is 13.0 Å². The Morgan fingerprint density at radius 1 is 1.25 bits per heavy atom. The molecule has 0 atom stereocenters. The zero-order valence-electron chi connectivity index (χ0n) is 9.66. The zero-order chi connectivity index (χ0) is 11.4. The van der Waals surface area contributed by atoms with E-state index in [1.165, 1.54) is 11.1 Å². The minimum atomic E-state index is 0.234. The lowest BCUT2D eigenvalue weighted by Crippen LogP contribution is -2.17. The van der Waals surface area contributed by atoms with Gasteiger partial charge in [0, 0.05) is 12.2 Å². The SMILES string of the molecule is CCc1c(CCCO)ccc2c1OCCO2. The molecule has 2 rings (SSSR count). The van der Waals surface area contributed by atoms with Gasteiger partial charge in [0.05, 0.1) is 0 Å². The van der Waals surface area contributed by atoms with Gasteiger partial charge < -0.3 is 14.6 Å². The average molecular weight is 222 g/mol. The van der Waals surface area contributed by atoms with Gasteiger partial charge in [0.15, 0.2) is 11.5 Å². The summed E-state index contributed by atoms with van der Waals surface area (Å²) in [6.07, 6.45) is 2.64. The minimum absolute atomic E-state index is 0.234. The molecule has 1 aliphatic heterocycles. The quantitative estimate of drug-likeness (QED) is 0.846. The molecule has 3 nitrogen and oxygen atoms in total. The van der Waals surface area contributed by atoms with E-state index in [2.05, 4.69) is 13.0 Å². The van der Waals surface area contributed by atoms with Crippen LogP contribution < -0.4 is 9.47 Å². The molecule has 1 N–H and O–H groups in total. The topological polar surface area (TPSA) is 38.7 Å².